The number of nitrogens with zero attached hydrogens (tertiary/aromatic N) is 1. The average molecular weight is 258 g/mol. The maximum absolute atomic E-state index is 11.1. The molecule has 0 radical (unpaired) electrons. The minimum absolute atomic E-state index is 0.00920. The molecule has 1 aromatic carbocycles. The van der Waals surface area contributed by atoms with E-state index in [1.165, 1.54) is 6.07 Å². The number of fused-ring (bicyclic) bond motifs is 1. The zero-order valence-corrected chi connectivity index (χ0v) is 10.3. The van der Waals surface area contributed by atoms with Gasteiger partial charge < -0.3 is 15.5 Å². The van der Waals surface area contributed by atoms with Crippen molar-refractivity contribution in [2.24, 2.45) is 0 Å². The van der Waals surface area contributed by atoms with E-state index in [9.17, 15) is 9.90 Å². The van der Waals surface area contributed by atoms with Gasteiger partial charge in [0.2, 0.25) is 0 Å². The molecule has 19 heavy (non-hydrogen) atoms. The molecule has 1 aliphatic rings. The summed E-state index contributed by atoms with van der Waals surface area (Å²) in [6.07, 6.45) is 1.78. The monoisotopic (exact) mass is 258 g/mol. The fraction of sp³-hybridized carbons (Fsp3) is 0.286. The topological polar surface area (TPSA) is 82.5 Å². The number of aromatic nitrogens is 1. The lowest BCUT2D eigenvalue weighted by Crippen LogP contribution is -2.26. The molecule has 1 heterocycles. The molecule has 1 aromatic heterocycles. The number of aromatic carboxylic acids is 1. The minimum Gasteiger partial charge on any atom is -0.477 e. The Morgan fingerprint density at radius 2 is 2.11 bits per heavy atom. The van der Waals surface area contributed by atoms with Crippen molar-refractivity contribution < 1.29 is 15.0 Å². The Balaban J connectivity index is 2.12. The van der Waals surface area contributed by atoms with Crippen LogP contribution < -0.4 is 5.32 Å². The number of carboxylic acid groups (broad SMARTS) is 1. The number of hydrogen-bond donors (Lipinski definition) is 3. The number of hydrogen-bond acceptors (Lipinski definition) is 4. The molecule has 0 spiro atoms. The lowest BCUT2D eigenvalue weighted by atomic mass is 10.1. The fourth-order valence-electron chi connectivity index (χ4n) is 2.15. The smallest absolute Gasteiger partial charge is 0.354 e. The van der Waals surface area contributed by atoms with E-state index in [-0.39, 0.29) is 17.8 Å². The van der Waals surface area contributed by atoms with Gasteiger partial charge in [-0.1, -0.05) is 18.2 Å². The third-order valence-electron chi connectivity index (χ3n) is 3.49. The third-order valence-corrected chi connectivity index (χ3v) is 3.49. The number of anilines is 1. The highest BCUT2D eigenvalue weighted by Crippen LogP contribution is 2.40. The molecule has 3 N–H and O–H groups in total. The summed E-state index contributed by atoms with van der Waals surface area (Å²) >= 11 is 0. The SMILES string of the molecule is O=C(O)c1cc(NC2(CO)CC2)c2ccccc2n1. The van der Waals surface area contributed by atoms with Gasteiger partial charge in [-0.3, -0.25) is 0 Å². The summed E-state index contributed by atoms with van der Waals surface area (Å²) < 4.78 is 0. The first-order chi connectivity index (χ1) is 9.13. The largest absolute Gasteiger partial charge is 0.477 e. The Morgan fingerprint density at radius 3 is 2.74 bits per heavy atom. The van der Waals surface area contributed by atoms with Crippen LogP contribution in [-0.4, -0.2) is 33.3 Å². The van der Waals surface area contributed by atoms with Crippen molar-refractivity contribution in [3.05, 3.63) is 36.0 Å². The predicted molar refractivity (Wildman–Crippen MR) is 71.4 cm³/mol. The number of para-hydroxylation sites is 1. The van der Waals surface area contributed by atoms with Crippen LogP contribution in [0.15, 0.2) is 30.3 Å². The van der Waals surface area contributed by atoms with Crippen molar-refractivity contribution >= 4 is 22.6 Å². The quantitative estimate of drug-likeness (QED) is 0.779. The molecule has 0 amide bonds. The first kappa shape index (κ1) is 11.9. The summed E-state index contributed by atoms with van der Waals surface area (Å²) in [6.45, 7) is 0.0477. The number of pyridine rings is 1. The number of aliphatic hydroxyl groups is 1. The number of carboxylic acids is 1. The van der Waals surface area contributed by atoms with Crippen LogP contribution in [0.25, 0.3) is 10.9 Å². The van der Waals surface area contributed by atoms with Crippen molar-refractivity contribution in [1.82, 2.24) is 4.98 Å². The number of nitrogens with one attached hydrogen (secondary N) is 1. The predicted octanol–water partition coefficient (Wildman–Crippen LogP) is 1.87. The normalized spacial score (nSPS) is 16.3. The number of aliphatic hydroxyl groups excluding tert-OH is 1. The maximum Gasteiger partial charge on any atom is 0.354 e. The summed E-state index contributed by atoms with van der Waals surface area (Å²) in [5.41, 5.74) is 1.07. The molecule has 5 heteroatoms. The Morgan fingerprint density at radius 1 is 1.37 bits per heavy atom. The summed E-state index contributed by atoms with van der Waals surface area (Å²) in [4.78, 5) is 15.2. The molecule has 2 aromatic rings. The Kier molecular flexibility index (Phi) is 2.64. The maximum atomic E-state index is 11.1. The van der Waals surface area contributed by atoms with Crippen LogP contribution in [0.3, 0.4) is 0 Å². The zero-order chi connectivity index (χ0) is 13.5. The van der Waals surface area contributed by atoms with Gasteiger partial charge in [0, 0.05) is 11.1 Å². The number of carbonyl (C=O) groups is 1. The van der Waals surface area contributed by atoms with Gasteiger partial charge in [-0.2, -0.15) is 0 Å². The molecule has 3 rings (SSSR count). The average Bonchev–Trinajstić information content (AvgIpc) is 3.19. The van der Waals surface area contributed by atoms with Crippen molar-refractivity contribution in [3.63, 3.8) is 0 Å². The van der Waals surface area contributed by atoms with E-state index in [0.29, 0.717) is 5.52 Å². The lowest BCUT2D eigenvalue weighted by molar-refractivity contribution is 0.0691. The van der Waals surface area contributed by atoms with Gasteiger partial charge in [-0.25, -0.2) is 9.78 Å². The number of benzene rings is 1. The van der Waals surface area contributed by atoms with Crippen LogP contribution in [0, 0.1) is 0 Å². The highest BCUT2D eigenvalue weighted by atomic mass is 16.4. The van der Waals surface area contributed by atoms with Crippen LogP contribution in [0.2, 0.25) is 0 Å². The number of rotatable bonds is 4. The van der Waals surface area contributed by atoms with E-state index in [0.717, 1.165) is 23.9 Å². The second kappa shape index (κ2) is 4.20. The highest BCUT2D eigenvalue weighted by molar-refractivity contribution is 5.97. The van der Waals surface area contributed by atoms with Gasteiger partial charge in [0.15, 0.2) is 5.69 Å². The van der Waals surface area contributed by atoms with Gasteiger partial charge in [0.05, 0.1) is 17.7 Å². The van der Waals surface area contributed by atoms with E-state index in [1.54, 1.807) is 6.07 Å². The second-order valence-electron chi connectivity index (χ2n) is 4.94. The van der Waals surface area contributed by atoms with Gasteiger partial charge >= 0.3 is 5.97 Å². The Hall–Kier alpha value is -2.14. The first-order valence-corrected chi connectivity index (χ1v) is 6.16. The summed E-state index contributed by atoms with van der Waals surface area (Å²) in [7, 11) is 0. The van der Waals surface area contributed by atoms with Crippen LogP contribution in [-0.2, 0) is 0 Å². The van der Waals surface area contributed by atoms with Gasteiger partial charge in [0.1, 0.15) is 0 Å². The van der Waals surface area contributed by atoms with E-state index < -0.39 is 5.97 Å². The molecule has 0 bridgehead atoms. The van der Waals surface area contributed by atoms with Crippen molar-refractivity contribution in [2.75, 3.05) is 11.9 Å². The first-order valence-electron chi connectivity index (χ1n) is 6.16. The van der Waals surface area contributed by atoms with E-state index in [1.807, 2.05) is 18.2 Å². The van der Waals surface area contributed by atoms with Gasteiger partial charge in [0.25, 0.3) is 0 Å². The Bertz CT molecular complexity index is 650. The van der Waals surface area contributed by atoms with Gasteiger partial charge in [-0.15, -0.1) is 0 Å². The molecule has 1 aliphatic carbocycles. The van der Waals surface area contributed by atoms with E-state index in [2.05, 4.69) is 10.3 Å². The second-order valence-corrected chi connectivity index (χ2v) is 4.94. The minimum atomic E-state index is -1.05. The van der Waals surface area contributed by atoms with Crippen LogP contribution >= 0.6 is 0 Å². The lowest BCUT2D eigenvalue weighted by Gasteiger charge is -2.18. The van der Waals surface area contributed by atoms with Crippen LogP contribution in [0.4, 0.5) is 5.69 Å². The molecule has 0 atom stereocenters. The fourth-order valence-corrected chi connectivity index (χ4v) is 2.15. The molecule has 0 aliphatic heterocycles. The highest BCUT2D eigenvalue weighted by Gasteiger charge is 2.42. The molecular weight excluding hydrogens is 244 g/mol. The van der Waals surface area contributed by atoms with Gasteiger partial charge in [-0.05, 0) is 25.0 Å². The van der Waals surface area contributed by atoms with Crippen LogP contribution in [0.1, 0.15) is 23.3 Å². The molecule has 0 saturated heterocycles. The zero-order valence-electron chi connectivity index (χ0n) is 10.3. The molecule has 1 fully saturated rings. The Labute approximate surface area is 109 Å². The molecule has 5 nitrogen and oxygen atoms in total. The third kappa shape index (κ3) is 2.13. The summed E-state index contributed by atoms with van der Waals surface area (Å²) in [6, 6.07) is 8.91. The molecule has 0 unspecified atom stereocenters. The van der Waals surface area contributed by atoms with Crippen LogP contribution in [0.5, 0.6) is 0 Å². The van der Waals surface area contributed by atoms with E-state index in [4.69, 9.17) is 5.11 Å². The standard InChI is InChI=1S/C14H14N2O3/c17-8-14(5-6-14)16-11-7-12(13(18)19)15-10-4-2-1-3-9(10)11/h1-4,7,17H,5-6,8H2,(H,15,16)(H,18,19). The molecular formula is C14H14N2O3. The van der Waals surface area contributed by atoms with Crippen molar-refractivity contribution in [3.8, 4) is 0 Å². The summed E-state index contributed by atoms with van der Waals surface area (Å²) in [5.74, 6) is -1.05. The molecule has 1 saturated carbocycles. The van der Waals surface area contributed by atoms with Crippen molar-refractivity contribution in [1.29, 1.82) is 0 Å². The molecule has 98 valence electrons. The van der Waals surface area contributed by atoms with Crippen molar-refractivity contribution in [2.45, 2.75) is 18.4 Å². The van der Waals surface area contributed by atoms with E-state index >= 15 is 0 Å². The summed E-state index contributed by atoms with van der Waals surface area (Å²) in [5, 5.41) is 22.6.